The van der Waals surface area contributed by atoms with Gasteiger partial charge in [0.05, 0.1) is 0 Å². The summed E-state index contributed by atoms with van der Waals surface area (Å²) in [5.74, 6) is 0.562. The van der Waals surface area contributed by atoms with Crippen LogP contribution in [-0.4, -0.2) is 7.05 Å². The molecule has 0 aliphatic carbocycles. The Kier molecular flexibility index (Phi) is 4.33. The van der Waals surface area contributed by atoms with E-state index in [-0.39, 0.29) is 0 Å². The monoisotopic (exact) mass is 268 g/mol. The lowest BCUT2D eigenvalue weighted by Gasteiger charge is -2.22. The summed E-state index contributed by atoms with van der Waals surface area (Å²) in [5.41, 5.74) is 11.9. The minimum Gasteiger partial charge on any atom is -0.399 e. The number of nitrogens with two attached hydrogens (primary N) is 1. The zero-order chi connectivity index (χ0) is 14.7. The highest BCUT2D eigenvalue weighted by molar-refractivity contribution is 5.56. The van der Waals surface area contributed by atoms with Crippen LogP contribution in [-0.2, 0) is 6.54 Å². The number of aryl methyl sites for hydroxylation is 1. The molecule has 0 spiro atoms. The molecule has 0 aliphatic heterocycles. The van der Waals surface area contributed by atoms with Crippen LogP contribution >= 0.6 is 0 Å². The SMILES string of the molecule is Cc1ccc(C(C)C)cc1CN(C)c1cccc(N)c1. The molecule has 2 N–H and O–H groups in total. The normalized spacial score (nSPS) is 10.8. The minimum absolute atomic E-state index is 0.562. The van der Waals surface area contributed by atoms with Crippen LogP contribution in [0.4, 0.5) is 11.4 Å². The first-order valence-corrected chi connectivity index (χ1v) is 7.13. The standard InChI is InChI=1S/C18H24N2/c1-13(2)15-9-8-14(3)16(10-15)12-20(4)18-7-5-6-17(19)11-18/h5-11,13H,12,19H2,1-4H3. The highest BCUT2D eigenvalue weighted by Gasteiger charge is 2.07. The summed E-state index contributed by atoms with van der Waals surface area (Å²) in [5, 5.41) is 0. The van der Waals surface area contributed by atoms with Crippen molar-refractivity contribution in [2.45, 2.75) is 33.2 Å². The van der Waals surface area contributed by atoms with Crippen LogP contribution < -0.4 is 10.6 Å². The van der Waals surface area contributed by atoms with Gasteiger partial charge in [-0.3, -0.25) is 0 Å². The van der Waals surface area contributed by atoms with Gasteiger partial charge in [-0.25, -0.2) is 0 Å². The number of anilines is 2. The fourth-order valence-corrected chi connectivity index (χ4v) is 2.33. The lowest BCUT2D eigenvalue weighted by atomic mass is 9.97. The maximum Gasteiger partial charge on any atom is 0.0428 e. The molecule has 0 heterocycles. The van der Waals surface area contributed by atoms with E-state index in [4.69, 9.17) is 5.73 Å². The van der Waals surface area contributed by atoms with Gasteiger partial charge in [-0.05, 0) is 47.7 Å². The maximum absolute atomic E-state index is 5.86. The van der Waals surface area contributed by atoms with Gasteiger partial charge in [-0.1, -0.05) is 38.1 Å². The van der Waals surface area contributed by atoms with Gasteiger partial charge in [0.1, 0.15) is 0 Å². The molecule has 0 atom stereocenters. The third-order valence-electron chi connectivity index (χ3n) is 3.76. The average Bonchev–Trinajstić information content (AvgIpc) is 2.41. The summed E-state index contributed by atoms with van der Waals surface area (Å²) < 4.78 is 0. The van der Waals surface area contributed by atoms with E-state index in [1.165, 1.54) is 16.7 Å². The van der Waals surface area contributed by atoms with E-state index < -0.39 is 0 Å². The molecule has 0 amide bonds. The van der Waals surface area contributed by atoms with Crippen LogP contribution in [0.15, 0.2) is 42.5 Å². The molecule has 0 fully saturated rings. The average molecular weight is 268 g/mol. The first-order chi connectivity index (χ1) is 9.47. The molecule has 20 heavy (non-hydrogen) atoms. The molecule has 2 aromatic carbocycles. The van der Waals surface area contributed by atoms with Gasteiger partial charge < -0.3 is 10.6 Å². The summed E-state index contributed by atoms with van der Waals surface area (Å²) in [4.78, 5) is 2.24. The number of rotatable bonds is 4. The molecule has 0 radical (unpaired) electrons. The molecule has 0 saturated heterocycles. The van der Waals surface area contributed by atoms with Crippen molar-refractivity contribution in [3.8, 4) is 0 Å². The van der Waals surface area contributed by atoms with Crippen LogP contribution in [0.5, 0.6) is 0 Å². The Morgan fingerprint density at radius 1 is 1.10 bits per heavy atom. The van der Waals surface area contributed by atoms with Gasteiger partial charge in [0.2, 0.25) is 0 Å². The fraction of sp³-hybridized carbons (Fsp3) is 0.333. The number of hydrogen-bond acceptors (Lipinski definition) is 2. The summed E-state index contributed by atoms with van der Waals surface area (Å²) in [6.45, 7) is 7.54. The summed E-state index contributed by atoms with van der Waals surface area (Å²) >= 11 is 0. The third-order valence-corrected chi connectivity index (χ3v) is 3.76. The van der Waals surface area contributed by atoms with Gasteiger partial charge >= 0.3 is 0 Å². The van der Waals surface area contributed by atoms with E-state index in [0.717, 1.165) is 17.9 Å². The van der Waals surface area contributed by atoms with Crippen LogP contribution in [0.3, 0.4) is 0 Å². The molecule has 106 valence electrons. The Balaban J connectivity index is 2.23. The molecule has 0 aromatic heterocycles. The molecule has 2 aromatic rings. The molecule has 2 rings (SSSR count). The van der Waals surface area contributed by atoms with Gasteiger partial charge in [-0.2, -0.15) is 0 Å². The third kappa shape index (κ3) is 3.32. The molecule has 2 heteroatoms. The minimum atomic E-state index is 0.562. The second-order valence-electron chi connectivity index (χ2n) is 5.79. The van der Waals surface area contributed by atoms with Crippen LogP contribution in [0.1, 0.15) is 36.5 Å². The van der Waals surface area contributed by atoms with E-state index in [2.05, 4.69) is 57.0 Å². The molecule has 0 aliphatic rings. The smallest absolute Gasteiger partial charge is 0.0428 e. The Morgan fingerprint density at radius 3 is 2.50 bits per heavy atom. The number of benzene rings is 2. The predicted octanol–water partition coefficient (Wildman–Crippen LogP) is 4.34. The number of hydrogen-bond donors (Lipinski definition) is 1. The van der Waals surface area contributed by atoms with Crippen LogP contribution in [0.2, 0.25) is 0 Å². The summed E-state index contributed by atoms with van der Waals surface area (Å²) in [6.07, 6.45) is 0. The van der Waals surface area contributed by atoms with Gasteiger partial charge in [0.25, 0.3) is 0 Å². The largest absolute Gasteiger partial charge is 0.399 e. The van der Waals surface area contributed by atoms with Crippen molar-refractivity contribution in [1.82, 2.24) is 0 Å². The van der Waals surface area contributed by atoms with Crippen molar-refractivity contribution in [3.05, 3.63) is 59.2 Å². The number of nitrogen functional groups attached to an aromatic ring is 1. The Bertz CT molecular complexity index is 588. The summed E-state index contributed by atoms with van der Waals surface area (Å²) in [6, 6.07) is 14.8. The van der Waals surface area contributed by atoms with Gasteiger partial charge in [0, 0.05) is 25.0 Å². The van der Waals surface area contributed by atoms with E-state index >= 15 is 0 Å². The van der Waals surface area contributed by atoms with E-state index in [1.54, 1.807) is 0 Å². The van der Waals surface area contributed by atoms with Gasteiger partial charge in [-0.15, -0.1) is 0 Å². The van der Waals surface area contributed by atoms with Crippen molar-refractivity contribution in [2.75, 3.05) is 17.7 Å². The van der Waals surface area contributed by atoms with Crippen LogP contribution in [0, 0.1) is 6.92 Å². The Labute approximate surface area is 122 Å². The van der Waals surface area contributed by atoms with Crippen molar-refractivity contribution in [3.63, 3.8) is 0 Å². The Morgan fingerprint density at radius 2 is 1.85 bits per heavy atom. The van der Waals surface area contributed by atoms with Crippen molar-refractivity contribution < 1.29 is 0 Å². The molecule has 0 unspecified atom stereocenters. The lowest BCUT2D eigenvalue weighted by molar-refractivity contribution is 0.851. The first-order valence-electron chi connectivity index (χ1n) is 7.13. The van der Waals surface area contributed by atoms with E-state index in [9.17, 15) is 0 Å². The molecule has 0 saturated carbocycles. The second kappa shape index (κ2) is 6.00. The number of nitrogens with zero attached hydrogens (tertiary/aromatic N) is 1. The van der Waals surface area contributed by atoms with Crippen molar-refractivity contribution in [1.29, 1.82) is 0 Å². The summed E-state index contributed by atoms with van der Waals surface area (Å²) in [7, 11) is 2.11. The zero-order valence-corrected chi connectivity index (χ0v) is 12.9. The second-order valence-corrected chi connectivity index (χ2v) is 5.79. The molecule has 2 nitrogen and oxygen atoms in total. The van der Waals surface area contributed by atoms with Gasteiger partial charge in [0.15, 0.2) is 0 Å². The topological polar surface area (TPSA) is 29.3 Å². The molecular weight excluding hydrogens is 244 g/mol. The maximum atomic E-state index is 5.86. The van der Waals surface area contributed by atoms with Crippen LogP contribution in [0.25, 0.3) is 0 Å². The lowest BCUT2D eigenvalue weighted by Crippen LogP contribution is -2.17. The molecule has 0 bridgehead atoms. The van der Waals surface area contributed by atoms with Crippen molar-refractivity contribution in [2.24, 2.45) is 0 Å². The highest BCUT2D eigenvalue weighted by Crippen LogP contribution is 2.22. The van der Waals surface area contributed by atoms with E-state index in [1.807, 2.05) is 18.2 Å². The first kappa shape index (κ1) is 14.4. The van der Waals surface area contributed by atoms with E-state index in [0.29, 0.717) is 5.92 Å². The zero-order valence-electron chi connectivity index (χ0n) is 12.9. The highest BCUT2D eigenvalue weighted by atomic mass is 15.1. The van der Waals surface area contributed by atoms with Crippen molar-refractivity contribution >= 4 is 11.4 Å². The quantitative estimate of drug-likeness (QED) is 0.836. The molecular formula is C18H24N2. The predicted molar refractivity (Wildman–Crippen MR) is 88.2 cm³/mol. The Hall–Kier alpha value is -1.96. The fourth-order valence-electron chi connectivity index (χ4n) is 2.33.